The molecule has 0 bridgehead atoms. The van der Waals surface area contributed by atoms with E-state index in [0.29, 0.717) is 5.54 Å². The van der Waals surface area contributed by atoms with Crippen molar-refractivity contribution >= 4 is 0 Å². The molecule has 0 unspecified atom stereocenters. The molecule has 2 aliphatic carbocycles. The summed E-state index contributed by atoms with van der Waals surface area (Å²) < 4.78 is 0. The third-order valence-corrected chi connectivity index (χ3v) is 2.42. The fourth-order valence-electron chi connectivity index (χ4n) is 1.36. The first kappa shape index (κ1) is 3.87. The first-order chi connectivity index (χ1) is 3.22. The van der Waals surface area contributed by atoms with Crippen molar-refractivity contribution in [2.45, 2.75) is 23.9 Å². The highest BCUT2D eigenvalue weighted by molar-refractivity contribution is 5.43. The van der Waals surface area contributed by atoms with Gasteiger partial charge in [0.25, 0.3) is 0 Å². The molecule has 40 valence electrons. The molecule has 0 saturated heterocycles. The molecule has 0 aliphatic heterocycles. The van der Waals surface area contributed by atoms with Crippen molar-refractivity contribution in [2.75, 3.05) is 7.05 Å². The van der Waals surface area contributed by atoms with Gasteiger partial charge in [-0.3, -0.25) is 0 Å². The van der Waals surface area contributed by atoms with Gasteiger partial charge in [0, 0.05) is 11.1 Å². The highest BCUT2D eigenvalue weighted by Gasteiger charge is 2.80. The van der Waals surface area contributed by atoms with E-state index < -0.39 is 0 Å². The predicted molar refractivity (Wildman–Crippen MR) is 27.9 cm³/mol. The molecule has 2 heteroatoms. The fourth-order valence-corrected chi connectivity index (χ4v) is 1.36. The number of fused-ring (bicyclic) bond motifs is 1. The van der Waals surface area contributed by atoms with E-state index in [1.165, 1.54) is 12.8 Å². The predicted octanol–water partition coefficient (Wildman–Crippen LogP) is -0.551. The molecule has 0 aromatic carbocycles. The number of rotatable bonds is 1. The second-order valence-corrected chi connectivity index (χ2v) is 2.84. The van der Waals surface area contributed by atoms with Crippen LogP contribution < -0.4 is 11.1 Å². The van der Waals surface area contributed by atoms with Gasteiger partial charge in [0.2, 0.25) is 0 Å². The lowest BCUT2D eigenvalue weighted by Gasteiger charge is -1.93. The van der Waals surface area contributed by atoms with Crippen molar-refractivity contribution < 1.29 is 0 Å². The van der Waals surface area contributed by atoms with E-state index >= 15 is 0 Å². The molecule has 0 aromatic rings. The van der Waals surface area contributed by atoms with Gasteiger partial charge in [-0.2, -0.15) is 0 Å². The van der Waals surface area contributed by atoms with Crippen LogP contribution in [-0.4, -0.2) is 18.1 Å². The van der Waals surface area contributed by atoms with Crippen molar-refractivity contribution in [1.29, 1.82) is 0 Å². The summed E-state index contributed by atoms with van der Waals surface area (Å²) >= 11 is 0. The minimum Gasteiger partial charge on any atom is -0.323 e. The van der Waals surface area contributed by atoms with Crippen LogP contribution in [0.2, 0.25) is 0 Å². The lowest BCUT2D eigenvalue weighted by Crippen LogP contribution is -2.18. The van der Waals surface area contributed by atoms with Gasteiger partial charge in [0.05, 0.1) is 0 Å². The zero-order chi connectivity index (χ0) is 5.12. The van der Waals surface area contributed by atoms with Crippen LogP contribution in [0.15, 0.2) is 0 Å². The average molecular weight is 98.1 g/mol. The molecule has 2 nitrogen and oxygen atoms in total. The third-order valence-electron chi connectivity index (χ3n) is 2.42. The number of likely N-dealkylation sites (N-methyl/N-ethyl adjacent to an activating group) is 1. The normalized spacial score (nSPS) is 64.3. The Bertz CT molecular complexity index is 108. The fraction of sp³-hybridized carbons (Fsp3) is 1.00. The molecular formula is C5H10N2. The van der Waals surface area contributed by atoms with Crippen LogP contribution in [0.1, 0.15) is 12.8 Å². The Morgan fingerprint density at radius 3 is 2.00 bits per heavy atom. The summed E-state index contributed by atoms with van der Waals surface area (Å²) in [5.41, 5.74) is 6.40. The van der Waals surface area contributed by atoms with E-state index in [-0.39, 0.29) is 5.54 Å². The molecule has 2 saturated carbocycles. The Hall–Kier alpha value is -0.0800. The summed E-state index contributed by atoms with van der Waals surface area (Å²) in [5.74, 6) is 0. The maximum Gasteiger partial charge on any atom is 0.0397 e. The minimum absolute atomic E-state index is 0.252. The summed E-state index contributed by atoms with van der Waals surface area (Å²) in [6.45, 7) is 0. The lowest BCUT2D eigenvalue weighted by molar-refractivity contribution is 0.661. The quantitative estimate of drug-likeness (QED) is 0.462. The smallest absolute Gasteiger partial charge is 0.0397 e. The van der Waals surface area contributed by atoms with Crippen LogP contribution >= 0.6 is 0 Å². The summed E-state index contributed by atoms with van der Waals surface area (Å²) in [6.07, 6.45) is 2.41. The molecule has 0 aromatic heterocycles. The Labute approximate surface area is 43.1 Å². The van der Waals surface area contributed by atoms with E-state index in [2.05, 4.69) is 5.32 Å². The Morgan fingerprint density at radius 1 is 1.57 bits per heavy atom. The maximum absolute atomic E-state index is 5.72. The SMILES string of the molecule is CNC12CC1(N)C2. The minimum atomic E-state index is 0.252. The first-order valence-corrected chi connectivity index (χ1v) is 2.70. The molecule has 2 fully saturated rings. The highest BCUT2D eigenvalue weighted by atomic mass is 15.2. The summed E-state index contributed by atoms with van der Waals surface area (Å²) in [5, 5.41) is 3.20. The first-order valence-electron chi connectivity index (χ1n) is 2.70. The molecule has 0 atom stereocenters. The van der Waals surface area contributed by atoms with Crippen LogP contribution in [0.3, 0.4) is 0 Å². The van der Waals surface area contributed by atoms with E-state index in [0.717, 1.165) is 0 Å². The lowest BCUT2D eigenvalue weighted by atomic mass is 10.3. The average Bonchev–Trinajstić information content (AvgIpc) is 2.24. The zero-order valence-electron chi connectivity index (χ0n) is 4.49. The van der Waals surface area contributed by atoms with E-state index in [1.54, 1.807) is 0 Å². The maximum atomic E-state index is 5.72. The van der Waals surface area contributed by atoms with Gasteiger partial charge < -0.3 is 11.1 Å². The van der Waals surface area contributed by atoms with Crippen LogP contribution in [-0.2, 0) is 0 Å². The van der Waals surface area contributed by atoms with Crippen LogP contribution in [0.25, 0.3) is 0 Å². The number of nitrogens with two attached hydrogens (primary N) is 1. The Morgan fingerprint density at radius 2 is 2.00 bits per heavy atom. The molecule has 3 N–H and O–H groups in total. The van der Waals surface area contributed by atoms with Crippen molar-refractivity contribution in [2.24, 2.45) is 5.73 Å². The van der Waals surface area contributed by atoms with Crippen molar-refractivity contribution in [3.8, 4) is 0 Å². The Balaban J connectivity index is 2.14. The molecule has 0 spiro atoms. The van der Waals surface area contributed by atoms with Gasteiger partial charge in [0.1, 0.15) is 0 Å². The topological polar surface area (TPSA) is 38.0 Å². The number of hydrogen-bond acceptors (Lipinski definition) is 2. The standard InChI is InChI=1S/C5H10N2/c1-7-5-2-4(5,6)3-5/h7H,2-3,6H2,1H3. The van der Waals surface area contributed by atoms with Crippen molar-refractivity contribution in [3.05, 3.63) is 0 Å². The zero-order valence-corrected chi connectivity index (χ0v) is 4.49. The summed E-state index contributed by atoms with van der Waals surface area (Å²) in [4.78, 5) is 0. The van der Waals surface area contributed by atoms with Gasteiger partial charge in [-0.25, -0.2) is 0 Å². The van der Waals surface area contributed by atoms with Crippen LogP contribution in [0, 0.1) is 0 Å². The van der Waals surface area contributed by atoms with Crippen molar-refractivity contribution in [3.63, 3.8) is 0 Å². The second-order valence-electron chi connectivity index (χ2n) is 2.84. The van der Waals surface area contributed by atoms with Gasteiger partial charge >= 0.3 is 0 Å². The second kappa shape index (κ2) is 0.644. The third kappa shape index (κ3) is 0.229. The molecule has 2 aliphatic rings. The number of hydrogen-bond donors (Lipinski definition) is 2. The molecule has 2 rings (SSSR count). The van der Waals surface area contributed by atoms with Gasteiger partial charge in [-0.05, 0) is 19.9 Å². The molecule has 7 heavy (non-hydrogen) atoms. The van der Waals surface area contributed by atoms with Crippen LogP contribution in [0.4, 0.5) is 0 Å². The molecule has 0 amide bonds. The van der Waals surface area contributed by atoms with Crippen LogP contribution in [0.5, 0.6) is 0 Å². The summed E-state index contributed by atoms with van der Waals surface area (Å²) in [7, 11) is 1.99. The van der Waals surface area contributed by atoms with Gasteiger partial charge in [-0.1, -0.05) is 0 Å². The summed E-state index contributed by atoms with van der Waals surface area (Å²) in [6, 6.07) is 0. The molecule has 0 heterocycles. The largest absolute Gasteiger partial charge is 0.323 e. The monoisotopic (exact) mass is 98.1 g/mol. The molecular weight excluding hydrogens is 88.1 g/mol. The Kier molecular flexibility index (Phi) is 0.356. The van der Waals surface area contributed by atoms with E-state index in [4.69, 9.17) is 5.73 Å². The molecule has 0 radical (unpaired) electrons. The number of nitrogens with one attached hydrogen (secondary N) is 1. The van der Waals surface area contributed by atoms with E-state index in [1.807, 2.05) is 7.05 Å². The van der Waals surface area contributed by atoms with Gasteiger partial charge in [0.15, 0.2) is 0 Å². The highest BCUT2D eigenvalue weighted by Crippen LogP contribution is 2.68. The van der Waals surface area contributed by atoms with E-state index in [9.17, 15) is 0 Å². The van der Waals surface area contributed by atoms with Crippen molar-refractivity contribution in [1.82, 2.24) is 5.32 Å². The van der Waals surface area contributed by atoms with Gasteiger partial charge in [-0.15, -0.1) is 0 Å².